The predicted octanol–water partition coefficient (Wildman–Crippen LogP) is 0.456. The van der Waals surface area contributed by atoms with Crippen molar-refractivity contribution in [3.8, 4) is 11.5 Å². The molecule has 2 saturated heterocycles. The first-order valence-electron chi connectivity index (χ1n) is 10.0. The van der Waals surface area contributed by atoms with Crippen molar-refractivity contribution in [3.05, 3.63) is 23.8 Å². The Morgan fingerprint density at radius 3 is 2.00 bits per heavy atom. The summed E-state index contributed by atoms with van der Waals surface area (Å²) in [4.78, 5) is 52.7. The molecule has 0 N–H and O–H groups in total. The molecule has 9 nitrogen and oxygen atoms in total. The third-order valence-electron chi connectivity index (χ3n) is 5.51. The highest BCUT2D eigenvalue weighted by Gasteiger charge is 2.32. The zero-order valence-corrected chi connectivity index (χ0v) is 17.4. The molecule has 1 aromatic carbocycles. The van der Waals surface area contributed by atoms with E-state index in [1.54, 1.807) is 24.0 Å². The molecule has 2 fully saturated rings. The fourth-order valence-corrected chi connectivity index (χ4v) is 3.69. The molecule has 0 radical (unpaired) electrons. The number of rotatable bonds is 7. The first-order valence-corrected chi connectivity index (χ1v) is 10.0. The summed E-state index contributed by atoms with van der Waals surface area (Å²) in [5, 5.41) is 0. The molecule has 2 aliphatic heterocycles. The smallest absolute Gasteiger partial charge is 0.242 e. The van der Waals surface area contributed by atoms with Crippen LogP contribution in [0.4, 0.5) is 0 Å². The minimum atomic E-state index is -0.294. The number of carbonyl (C=O) groups excluding carboxylic acids is 4. The predicted molar refractivity (Wildman–Crippen MR) is 107 cm³/mol. The van der Waals surface area contributed by atoms with Gasteiger partial charge in [0.05, 0.1) is 14.2 Å². The Morgan fingerprint density at radius 1 is 0.867 bits per heavy atom. The summed E-state index contributed by atoms with van der Waals surface area (Å²) < 4.78 is 10.5. The lowest BCUT2D eigenvalue weighted by atomic mass is 10.1. The van der Waals surface area contributed by atoms with E-state index in [4.69, 9.17) is 9.47 Å². The van der Waals surface area contributed by atoms with E-state index < -0.39 is 0 Å². The van der Waals surface area contributed by atoms with Crippen LogP contribution in [0.15, 0.2) is 18.2 Å². The maximum Gasteiger partial charge on any atom is 0.242 e. The summed E-state index contributed by atoms with van der Waals surface area (Å²) in [6, 6.07) is 5.59. The van der Waals surface area contributed by atoms with Gasteiger partial charge in [-0.3, -0.25) is 24.1 Å². The topological polar surface area (TPSA) is 96.5 Å². The number of carbonyl (C=O) groups is 4. The van der Waals surface area contributed by atoms with Crippen LogP contribution in [0.2, 0.25) is 0 Å². The second-order valence-electron chi connectivity index (χ2n) is 7.32. The highest BCUT2D eigenvalue weighted by molar-refractivity contribution is 6.04. The fourth-order valence-electron chi connectivity index (χ4n) is 3.69. The van der Waals surface area contributed by atoms with Crippen molar-refractivity contribution in [2.24, 2.45) is 0 Å². The van der Waals surface area contributed by atoms with Crippen LogP contribution in [0, 0.1) is 0 Å². The van der Waals surface area contributed by atoms with E-state index in [1.165, 1.54) is 0 Å². The van der Waals surface area contributed by atoms with E-state index in [1.807, 2.05) is 18.2 Å². The van der Waals surface area contributed by atoms with Gasteiger partial charge in [0.15, 0.2) is 11.5 Å². The lowest BCUT2D eigenvalue weighted by Crippen LogP contribution is -2.53. The molecule has 162 valence electrons. The average molecular weight is 417 g/mol. The molecule has 0 atom stereocenters. The molecule has 0 saturated carbocycles. The molecule has 0 spiro atoms. The Kier molecular flexibility index (Phi) is 6.91. The van der Waals surface area contributed by atoms with Gasteiger partial charge >= 0.3 is 0 Å². The Balaban J connectivity index is 1.45. The van der Waals surface area contributed by atoms with Crippen molar-refractivity contribution in [1.29, 1.82) is 0 Å². The molecule has 0 unspecified atom stereocenters. The van der Waals surface area contributed by atoms with Gasteiger partial charge in [0.2, 0.25) is 23.6 Å². The lowest BCUT2D eigenvalue weighted by Gasteiger charge is -2.35. The highest BCUT2D eigenvalue weighted by Crippen LogP contribution is 2.28. The maximum absolute atomic E-state index is 12.6. The number of imide groups is 1. The standard InChI is InChI=1S/C21H27N3O6/c1-29-16-5-3-15(13-17(16)30-2)4-6-18(25)22-9-11-23(12-10-22)21(28)14-24-19(26)7-8-20(24)27/h3,5,13H,4,6-12,14H2,1-2H3. The Hall–Kier alpha value is -3.10. The number of ether oxygens (including phenoxy) is 2. The number of nitrogens with zero attached hydrogens (tertiary/aromatic N) is 3. The number of hydrogen-bond donors (Lipinski definition) is 0. The number of aryl methyl sites for hydroxylation is 1. The molecule has 30 heavy (non-hydrogen) atoms. The normalized spacial score (nSPS) is 16.8. The molecule has 0 bridgehead atoms. The largest absolute Gasteiger partial charge is 0.493 e. The van der Waals surface area contributed by atoms with Crippen LogP contribution in [0.5, 0.6) is 11.5 Å². The van der Waals surface area contributed by atoms with Crippen LogP contribution in [0.1, 0.15) is 24.8 Å². The second-order valence-corrected chi connectivity index (χ2v) is 7.32. The SMILES string of the molecule is COc1ccc(CCC(=O)N2CCN(C(=O)CN3C(=O)CCC3=O)CC2)cc1OC. The van der Waals surface area contributed by atoms with E-state index in [-0.39, 0.29) is 43.0 Å². The van der Waals surface area contributed by atoms with Crippen molar-refractivity contribution in [3.63, 3.8) is 0 Å². The third-order valence-corrected chi connectivity index (χ3v) is 5.51. The number of methoxy groups -OCH3 is 2. The van der Waals surface area contributed by atoms with Crippen molar-refractivity contribution in [1.82, 2.24) is 14.7 Å². The Labute approximate surface area is 175 Å². The van der Waals surface area contributed by atoms with Gasteiger partial charge in [-0.05, 0) is 24.1 Å². The van der Waals surface area contributed by atoms with Gasteiger partial charge in [0.1, 0.15) is 6.54 Å². The van der Waals surface area contributed by atoms with Gasteiger partial charge in [-0.1, -0.05) is 6.07 Å². The summed E-state index contributed by atoms with van der Waals surface area (Å²) >= 11 is 0. The number of hydrogen-bond acceptors (Lipinski definition) is 6. The lowest BCUT2D eigenvalue weighted by molar-refractivity contribution is -0.147. The molecular weight excluding hydrogens is 390 g/mol. The summed E-state index contributed by atoms with van der Waals surface area (Å²) in [6.45, 7) is 1.48. The van der Waals surface area contributed by atoms with Crippen molar-refractivity contribution < 1.29 is 28.7 Å². The van der Waals surface area contributed by atoms with E-state index in [0.29, 0.717) is 50.5 Å². The minimum Gasteiger partial charge on any atom is -0.493 e. The van der Waals surface area contributed by atoms with Crippen LogP contribution in [-0.4, -0.2) is 85.3 Å². The molecule has 0 aromatic heterocycles. The fraction of sp³-hybridized carbons (Fsp3) is 0.524. The third kappa shape index (κ3) is 4.90. The van der Waals surface area contributed by atoms with Crippen LogP contribution in [0.3, 0.4) is 0 Å². The van der Waals surface area contributed by atoms with Crippen LogP contribution < -0.4 is 9.47 Å². The first kappa shape index (κ1) is 21.6. The average Bonchev–Trinajstić information content (AvgIpc) is 3.09. The molecule has 3 rings (SSSR count). The van der Waals surface area contributed by atoms with E-state index in [0.717, 1.165) is 10.5 Å². The first-order chi connectivity index (χ1) is 14.4. The zero-order valence-electron chi connectivity index (χ0n) is 17.4. The van der Waals surface area contributed by atoms with Gasteiger partial charge in [0, 0.05) is 45.4 Å². The summed E-state index contributed by atoms with van der Waals surface area (Å²) in [5.74, 6) is 0.461. The van der Waals surface area contributed by atoms with E-state index >= 15 is 0 Å². The summed E-state index contributed by atoms with van der Waals surface area (Å²) in [6.07, 6.45) is 1.29. The van der Waals surface area contributed by atoms with Crippen molar-refractivity contribution in [2.45, 2.75) is 25.7 Å². The van der Waals surface area contributed by atoms with Crippen molar-refractivity contribution in [2.75, 3.05) is 46.9 Å². The molecule has 0 aliphatic carbocycles. The molecule has 1 aromatic rings. The monoisotopic (exact) mass is 417 g/mol. The van der Waals surface area contributed by atoms with E-state index in [9.17, 15) is 19.2 Å². The molecular formula is C21H27N3O6. The molecule has 2 heterocycles. The van der Waals surface area contributed by atoms with Gasteiger partial charge in [0.25, 0.3) is 0 Å². The minimum absolute atomic E-state index is 0.0294. The molecule has 4 amide bonds. The molecule has 9 heteroatoms. The van der Waals surface area contributed by atoms with Gasteiger partial charge in [-0.25, -0.2) is 0 Å². The Bertz CT molecular complexity index is 816. The second kappa shape index (κ2) is 9.60. The highest BCUT2D eigenvalue weighted by atomic mass is 16.5. The quantitative estimate of drug-likeness (QED) is 0.598. The number of benzene rings is 1. The molecule has 2 aliphatic rings. The Morgan fingerprint density at radius 2 is 1.43 bits per heavy atom. The van der Waals surface area contributed by atoms with Gasteiger partial charge in [-0.2, -0.15) is 0 Å². The van der Waals surface area contributed by atoms with Gasteiger partial charge < -0.3 is 19.3 Å². The van der Waals surface area contributed by atoms with Crippen LogP contribution in [0.25, 0.3) is 0 Å². The number of amides is 4. The van der Waals surface area contributed by atoms with Crippen molar-refractivity contribution >= 4 is 23.6 Å². The van der Waals surface area contributed by atoms with Crippen LogP contribution in [-0.2, 0) is 25.6 Å². The summed E-state index contributed by atoms with van der Waals surface area (Å²) in [5.41, 5.74) is 0.981. The number of piperazine rings is 1. The summed E-state index contributed by atoms with van der Waals surface area (Å²) in [7, 11) is 3.15. The maximum atomic E-state index is 12.6. The van der Waals surface area contributed by atoms with Gasteiger partial charge in [-0.15, -0.1) is 0 Å². The van der Waals surface area contributed by atoms with E-state index in [2.05, 4.69) is 0 Å². The number of likely N-dealkylation sites (tertiary alicyclic amines) is 1. The zero-order chi connectivity index (χ0) is 21.7. The van der Waals surface area contributed by atoms with Crippen LogP contribution >= 0.6 is 0 Å².